The summed E-state index contributed by atoms with van der Waals surface area (Å²) in [6.45, 7) is 4.81. The highest BCUT2D eigenvalue weighted by Gasteiger charge is 2.42. The molecule has 1 saturated carbocycles. The smallest absolute Gasteiger partial charge is 0.0490 e. The van der Waals surface area contributed by atoms with Gasteiger partial charge in [-0.05, 0) is 41.7 Å². The lowest BCUT2D eigenvalue weighted by Crippen LogP contribution is -2.11. The van der Waals surface area contributed by atoms with Crippen LogP contribution in [-0.2, 0) is 6.42 Å². The van der Waals surface area contributed by atoms with Crippen molar-refractivity contribution < 1.29 is 5.11 Å². The molecular weight excluding hydrogens is 184 g/mol. The van der Waals surface area contributed by atoms with Crippen LogP contribution in [0.15, 0.2) is 24.3 Å². The average Bonchev–Trinajstić information content (AvgIpc) is 2.99. The normalized spacial score (nSPS) is 18.1. The van der Waals surface area contributed by atoms with Crippen LogP contribution >= 0.6 is 0 Å². The number of aliphatic hydroxyl groups excluding tert-OH is 1. The number of benzene rings is 1. The van der Waals surface area contributed by atoms with Crippen LogP contribution in [0, 0.1) is 5.41 Å². The molecule has 1 aliphatic rings. The fourth-order valence-corrected chi connectivity index (χ4v) is 2.23. The summed E-state index contributed by atoms with van der Waals surface area (Å²) >= 11 is 0. The molecule has 0 radical (unpaired) electrons. The maximum atomic E-state index is 9.35. The molecule has 82 valence electrons. The molecule has 0 bridgehead atoms. The molecule has 0 saturated heterocycles. The Morgan fingerprint density at radius 3 is 2.47 bits per heavy atom. The number of hydrogen-bond acceptors (Lipinski definition) is 1. The Balaban J connectivity index is 2.20. The Hall–Kier alpha value is -0.820. The van der Waals surface area contributed by atoms with Gasteiger partial charge in [-0.1, -0.05) is 38.1 Å². The van der Waals surface area contributed by atoms with E-state index in [2.05, 4.69) is 38.1 Å². The van der Waals surface area contributed by atoms with E-state index in [4.69, 9.17) is 0 Å². The quantitative estimate of drug-likeness (QED) is 0.799. The first-order chi connectivity index (χ1) is 7.17. The minimum absolute atomic E-state index is 0.227. The van der Waals surface area contributed by atoms with Crippen molar-refractivity contribution in [1.82, 2.24) is 0 Å². The SMILES string of the molecule is CC(C)c1ccccc1CC1(CO)CC1. The van der Waals surface area contributed by atoms with E-state index in [9.17, 15) is 5.11 Å². The molecule has 1 N–H and O–H groups in total. The minimum Gasteiger partial charge on any atom is -0.396 e. The van der Waals surface area contributed by atoms with Crippen LogP contribution in [0.4, 0.5) is 0 Å². The molecule has 0 atom stereocenters. The largest absolute Gasteiger partial charge is 0.396 e. The van der Waals surface area contributed by atoms with E-state index < -0.39 is 0 Å². The van der Waals surface area contributed by atoms with E-state index >= 15 is 0 Å². The molecule has 0 spiro atoms. The number of aliphatic hydroxyl groups is 1. The molecule has 1 aromatic rings. The Kier molecular flexibility index (Phi) is 2.83. The van der Waals surface area contributed by atoms with Crippen LogP contribution in [0.1, 0.15) is 43.7 Å². The summed E-state index contributed by atoms with van der Waals surface area (Å²) in [7, 11) is 0. The van der Waals surface area contributed by atoms with E-state index in [0.29, 0.717) is 12.5 Å². The number of rotatable bonds is 4. The zero-order valence-electron chi connectivity index (χ0n) is 9.66. The molecule has 0 amide bonds. The second-order valence-electron chi connectivity index (χ2n) is 5.19. The monoisotopic (exact) mass is 204 g/mol. The van der Waals surface area contributed by atoms with E-state index in [1.54, 1.807) is 0 Å². The Bertz CT molecular complexity index is 337. The van der Waals surface area contributed by atoms with Gasteiger partial charge in [0.25, 0.3) is 0 Å². The van der Waals surface area contributed by atoms with Gasteiger partial charge < -0.3 is 5.11 Å². The lowest BCUT2D eigenvalue weighted by atomic mass is 9.89. The van der Waals surface area contributed by atoms with Gasteiger partial charge in [-0.15, -0.1) is 0 Å². The van der Waals surface area contributed by atoms with Gasteiger partial charge in [0, 0.05) is 6.61 Å². The molecule has 1 aliphatic carbocycles. The highest BCUT2D eigenvalue weighted by atomic mass is 16.3. The highest BCUT2D eigenvalue weighted by molar-refractivity contribution is 5.31. The molecule has 1 aromatic carbocycles. The predicted octanol–water partition coefficient (Wildman–Crippen LogP) is 3.13. The Morgan fingerprint density at radius 2 is 1.93 bits per heavy atom. The topological polar surface area (TPSA) is 20.2 Å². The van der Waals surface area contributed by atoms with Gasteiger partial charge in [-0.2, -0.15) is 0 Å². The van der Waals surface area contributed by atoms with Gasteiger partial charge in [-0.3, -0.25) is 0 Å². The first kappa shape index (κ1) is 10.7. The van der Waals surface area contributed by atoms with Crippen LogP contribution in [0.3, 0.4) is 0 Å². The first-order valence-electron chi connectivity index (χ1n) is 5.85. The molecular formula is C14H20O. The fraction of sp³-hybridized carbons (Fsp3) is 0.571. The lowest BCUT2D eigenvalue weighted by molar-refractivity contribution is 0.211. The van der Waals surface area contributed by atoms with Gasteiger partial charge in [0.05, 0.1) is 0 Å². The predicted molar refractivity (Wildman–Crippen MR) is 63.0 cm³/mol. The van der Waals surface area contributed by atoms with Crippen molar-refractivity contribution in [2.45, 2.75) is 39.0 Å². The van der Waals surface area contributed by atoms with Crippen molar-refractivity contribution in [1.29, 1.82) is 0 Å². The van der Waals surface area contributed by atoms with Crippen LogP contribution in [0.25, 0.3) is 0 Å². The number of hydrogen-bond donors (Lipinski definition) is 1. The Labute approximate surface area is 92.1 Å². The second-order valence-corrected chi connectivity index (χ2v) is 5.19. The van der Waals surface area contributed by atoms with Crippen molar-refractivity contribution in [3.8, 4) is 0 Å². The molecule has 15 heavy (non-hydrogen) atoms. The van der Waals surface area contributed by atoms with Crippen molar-refractivity contribution in [2.24, 2.45) is 5.41 Å². The zero-order chi connectivity index (χ0) is 10.9. The summed E-state index contributed by atoms with van der Waals surface area (Å²) < 4.78 is 0. The minimum atomic E-state index is 0.227. The molecule has 0 heterocycles. The third-order valence-corrected chi connectivity index (χ3v) is 3.54. The summed E-state index contributed by atoms with van der Waals surface area (Å²) in [6.07, 6.45) is 3.43. The zero-order valence-corrected chi connectivity index (χ0v) is 9.66. The van der Waals surface area contributed by atoms with E-state index in [1.165, 1.54) is 24.0 Å². The van der Waals surface area contributed by atoms with Gasteiger partial charge in [0.15, 0.2) is 0 Å². The molecule has 1 heteroatoms. The molecule has 0 aromatic heterocycles. The van der Waals surface area contributed by atoms with Crippen molar-refractivity contribution in [3.63, 3.8) is 0 Å². The van der Waals surface area contributed by atoms with E-state index in [0.717, 1.165) is 6.42 Å². The summed E-state index contributed by atoms with van der Waals surface area (Å²) in [5.41, 5.74) is 3.10. The standard InChI is InChI=1S/C14H20O/c1-11(2)13-6-4-3-5-12(13)9-14(10-15)7-8-14/h3-6,11,15H,7-10H2,1-2H3. The molecule has 0 unspecified atom stereocenters. The van der Waals surface area contributed by atoms with Crippen LogP contribution in [-0.4, -0.2) is 11.7 Å². The average molecular weight is 204 g/mol. The molecule has 1 fully saturated rings. The maximum absolute atomic E-state index is 9.35. The third kappa shape index (κ3) is 2.23. The summed E-state index contributed by atoms with van der Waals surface area (Å²) in [4.78, 5) is 0. The summed E-state index contributed by atoms with van der Waals surface area (Å²) in [5, 5.41) is 9.35. The summed E-state index contributed by atoms with van der Waals surface area (Å²) in [6, 6.07) is 8.64. The van der Waals surface area contributed by atoms with Crippen molar-refractivity contribution >= 4 is 0 Å². The van der Waals surface area contributed by atoms with E-state index in [-0.39, 0.29) is 5.41 Å². The van der Waals surface area contributed by atoms with Crippen molar-refractivity contribution in [3.05, 3.63) is 35.4 Å². The van der Waals surface area contributed by atoms with Crippen molar-refractivity contribution in [2.75, 3.05) is 6.61 Å². The summed E-state index contributed by atoms with van der Waals surface area (Å²) in [5.74, 6) is 0.579. The Morgan fingerprint density at radius 1 is 1.27 bits per heavy atom. The van der Waals surface area contributed by atoms with E-state index in [1.807, 2.05) is 0 Å². The third-order valence-electron chi connectivity index (χ3n) is 3.54. The molecule has 0 aliphatic heterocycles. The van der Waals surface area contributed by atoms with Crippen LogP contribution < -0.4 is 0 Å². The first-order valence-corrected chi connectivity index (χ1v) is 5.85. The van der Waals surface area contributed by atoms with Gasteiger partial charge >= 0.3 is 0 Å². The van der Waals surface area contributed by atoms with Gasteiger partial charge in [0.1, 0.15) is 0 Å². The maximum Gasteiger partial charge on any atom is 0.0490 e. The molecule has 2 rings (SSSR count). The highest BCUT2D eigenvalue weighted by Crippen LogP contribution is 2.48. The van der Waals surface area contributed by atoms with Crippen LogP contribution in [0.2, 0.25) is 0 Å². The van der Waals surface area contributed by atoms with Gasteiger partial charge in [-0.25, -0.2) is 0 Å². The molecule has 1 nitrogen and oxygen atoms in total. The fourth-order valence-electron chi connectivity index (χ4n) is 2.23. The lowest BCUT2D eigenvalue weighted by Gasteiger charge is -2.17. The second kappa shape index (κ2) is 3.97. The van der Waals surface area contributed by atoms with Gasteiger partial charge in [0.2, 0.25) is 0 Å². The van der Waals surface area contributed by atoms with Crippen LogP contribution in [0.5, 0.6) is 0 Å².